The monoisotopic (exact) mass is 318 g/mol. The molecular weight excluding hydrogens is 296 g/mol. The lowest BCUT2D eigenvalue weighted by Crippen LogP contribution is -2.36. The molecule has 22 heavy (non-hydrogen) atoms. The Morgan fingerprint density at radius 2 is 1.95 bits per heavy atom. The van der Waals surface area contributed by atoms with E-state index in [1.807, 2.05) is 44.2 Å². The second-order valence-electron chi connectivity index (χ2n) is 5.34. The molecule has 1 N–H and O–H groups in total. The van der Waals surface area contributed by atoms with Crippen LogP contribution in [0.25, 0.3) is 0 Å². The maximum atomic E-state index is 12.7. The molecule has 6 heteroatoms. The molecule has 0 bridgehead atoms. The lowest BCUT2D eigenvalue weighted by molar-refractivity contribution is -0.117. The van der Waals surface area contributed by atoms with Crippen LogP contribution < -0.4 is 4.90 Å². The van der Waals surface area contributed by atoms with Gasteiger partial charge >= 0.3 is 0 Å². The minimum absolute atomic E-state index is 0.0644. The molecule has 0 aliphatic carbocycles. The van der Waals surface area contributed by atoms with Gasteiger partial charge in [-0.1, -0.05) is 43.8 Å². The van der Waals surface area contributed by atoms with E-state index in [1.165, 1.54) is 11.8 Å². The summed E-state index contributed by atoms with van der Waals surface area (Å²) in [4.78, 5) is 18.9. The van der Waals surface area contributed by atoms with Crippen molar-refractivity contribution in [3.8, 4) is 0 Å². The first-order valence-electron chi connectivity index (χ1n) is 7.48. The summed E-state index contributed by atoms with van der Waals surface area (Å²) >= 11 is 1.38. The van der Waals surface area contributed by atoms with Gasteiger partial charge < -0.3 is 4.90 Å². The van der Waals surface area contributed by atoms with E-state index in [1.54, 1.807) is 4.90 Å². The smallest absolute Gasteiger partial charge is 0.240 e. The summed E-state index contributed by atoms with van der Waals surface area (Å²) in [5.41, 5.74) is 0.917. The average Bonchev–Trinajstić information content (AvgIpc) is 2.97. The Morgan fingerprint density at radius 1 is 1.27 bits per heavy atom. The number of nitrogens with one attached hydrogen (secondary N) is 1. The largest absolute Gasteiger partial charge is 0.312 e. The summed E-state index contributed by atoms with van der Waals surface area (Å²) in [7, 11) is 0. The highest BCUT2D eigenvalue weighted by molar-refractivity contribution is 8.00. The molecule has 0 saturated carbocycles. The number of aromatic amines is 1. The van der Waals surface area contributed by atoms with Gasteiger partial charge in [0.2, 0.25) is 11.1 Å². The van der Waals surface area contributed by atoms with Gasteiger partial charge in [-0.2, -0.15) is 0 Å². The number of hydrogen-bond donors (Lipinski definition) is 1. The standard InChI is InChI=1S/C16H22N4OS/c1-5-20(13-9-7-6-8-10-13)15(21)12(4)22-16-17-14(11(2)3)18-19-16/h6-12H,5H2,1-4H3,(H,17,18,19). The normalized spacial score (nSPS) is 12.4. The topological polar surface area (TPSA) is 61.9 Å². The molecule has 1 atom stereocenters. The average molecular weight is 318 g/mol. The van der Waals surface area contributed by atoms with Crippen LogP contribution in [0.15, 0.2) is 35.5 Å². The van der Waals surface area contributed by atoms with E-state index in [0.29, 0.717) is 17.6 Å². The second-order valence-corrected chi connectivity index (χ2v) is 6.64. The van der Waals surface area contributed by atoms with Crippen LogP contribution in [0.5, 0.6) is 0 Å². The van der Waals surface area contributed by atoms with E-state index in [4.69, 9.17) is 0 Å². The van der Waals surface area contributed by atoms with Gasteiger partial charge in [0.25, 0.3) is 0 Å². The number of benzene rings is 1. The lowest BCUT2D eigenvalue weighted by atomic mass is 10.2. The van der Waals surface area contributed by atoms with Crippen molar-refractivity contribution in [2.45, 2.75) is 44.0 Å². The minimum atomic E-state index is -0.240. The van der Waals surface area contributed by atoms with E-state index < -0.39 is 0 Å². The quantitative estimate of drug-likeness (QED) is 0.829. The van der Waals surface area contributed by atoms with Gasteiger partial charge in [-0.3, -0.25) is 9.89 Å². The molecule has 5 nitrogen and oxygen atoms in total. The fraction of sp³-hybridized carbons (Fsp3) is 0.438. The summed E-state index contributed by atoms with van der Waals surface area (Å²) in [6, 6.07) is 9.71. The highest BCUT2D eigenvalue weighted by Gasteiger charge is 2.23. The van der Waals surface area contributed by atoms with E-state index in [-0.39, 0.29) is 11.2 Å². The molecule has 0 spiro atoms. The third-order valence-corrected chi connectivity index (χ3v) is 4.26. The molecule has 2 aromatic rings. The van der Waals surface area contributed by atoms with E-state index in [2.05, 4.69) is 29.0 Å². The molecule has 1 amide bonds. The van der Waals surface area contributed by atoms with Crippen LogP contribution >= 0.6 is 11.8 Å². The predicted molar refractivity (Wildman–Crippen MR) is 90.3 cm³/mol. The molecular formula is C16H22N4OS. The van der Waals surface area contributed by atoms with Crippen LogP contribution in [0.2, 0.25) is 0 Å². The first-order chi connectivity index (χ1) is 10.5. The number of rotatable bonds is 6. The third-order valence-electron chi connectivity index (χ3n) is 3.31. The number of nitrogens with zero attached hydrogens (tertiary/aromatic N) is 3. The Morgan fingerprint density at radius 3 is 2.50 bits per heavy atom. The first-order valence-corrected chi connectivity index (χ1v) is 8.36. The number of para-hydroxylation sites is 1. The predicted octanol–water partition coefficient (Wildman–Crippen LogP) is 3.46. The molecule has 1 aromatic heterocycles. The molecule has 0 radical (unpaired) electrons. The van der Waals surface area contributed by atoms with Crippen molar-refractivity contribution in [3.63, 3.8) is 0 Å². The SMILES string of the molecule is CCN(C(=O)C(C)Sc1n[nH]c(C(C)C)n1)c1ccccc1. The van der Waals surface area contributed by atoms with Crippen molar-refractivity contribution in [1.82, 2.24) is 15.2 Å². The first kappa shape index (κ1) is 16.5. The number of carbonyl (C=O) groups is 1. The van der Waals surface area contributed by atoms with Crippen LogP contribution in [-0.4, -0.2) is 32.9 Å². The fourth-order valence-corrected chi connectivity index (χ4v) is 2.86. The van der Waals surface area contributed by atoms with Gasteiger partial charge in [0, 0.05) is 18.2 Å². The van der Waals surface area contributed by atoms with Crippen LogP contribution in [0.3, 0.4) is 0 Å². The molecule has 0 saturated heterocycles. The van der Waals surface area contributed by atoms with Crippen molar-refractivity contribution in [1.29, 1.82) is 0 Å². The number of aromatic nitrogens is 3. The number of hydrogen-bond acceptors (Lipinski definition) is 4. The number of H-pyrrole nitrogens is 1. The van der Waals surface area contributed by atoms with Crippen LogP contribution in [0, 0.1) is 0 Å². The fourth-order valence-electron chi connectivity index (χ4n) is 2.07. The summed E-state index contributed by atoms with van der Waals surface area (Å²) in [5, 5.41) is 7.47. The Bertz CT molecular complexity index is 612. The maximum Gasteiger partial charge on any atom is 0.240 e. The van der Waals surface area contributed by atoms with Gasteiger partial charge in [0.1, 0.15) is 5.82 Å². The zero-order valence-electron chi connectivity index (χ0n) is 13.4. The number of anilines is 1. The molecule has 1 aromatic carbocycles. The Kier molecular flexibility index (Phi) is 5.60. The number of carbonyl (C=O) groups excluding carboxylic acids is 1. The molecule has 0 aliphatic rings. The number of amides is 1. The lowest BCUT2D eigenvalue weighted by Gasteiger charge is -2.23. The highest BCUT2D eigenvalue weighted by atomic mass is 32.2. The molecule has 1 unspecified atom stereocenters. The van der Waals surface area contributed by atoms with Crippen molar-refractivity contribution < 1.29 is 4.79 Å². The Balaban J connectivity index is 2.07. The van der Waals surface area contributed by atoms with Crippen LogP contribution in [-0.2, 0) is 4.79 Å². The van der Waals surface area contributed by atoms with Crippen molar-refractivity contribution in [2.24, 2.45) is 0 Å². The van der Waals surface area contributed by atoms with E-state index in [0.717, 1.165) is 11.5 Å². The van der Waals surface area contributed by atoms with Gasteiger partial charge in [0.15, 0.2) is 0 Å². The summed E-state index contributed by atoms with van der Waals surface area (Å²) in [5.74, 6) is 1.21. The Hall–Kier alpha value is -1.82. The van der Waals surface area contributed by atoms with Gasteiger partial charge in [-0.25, -0.2) is 4.98 Å². The number of thioether (sulfide) groups is 1. The minimum Gasteiger partial charge on any atom is -0.312 e. The van der Waals surface area contributed by atoms with Crippen LogP contribution in [0.1, 0.15) is 39.4 Å². The Labute approximate surface area is 135 Å². The third kappa shape index (κ3) is 3.88. The molecule has 2 rings (SSSR count). The van der Waals surface area contributed by atoms with Crippen LogP contribution in [0.4, 0.5) is 5.69 Å². The molecule has 0 aliphatic heterocycles. The maximum absolute atomic E-state index is 12.7. The molecule has 0 fully saturated rings. The molecule has 118 valence electrons. The van der Waals surface area contributed by atoms with Crippen molar-refractivity contribution in [2.75, 3.05) is 11.4 Å². The molecule has 1 heterocycles. The van der Waals surface area contributed by atoms with Crippen molar-refractivity contribution in [3.05, 3.63) is 36.2 Å². The van der Waals surface area contributed by atoms with E-state index >= 15 is 0 Å². The van der Waals surface area contributed by atoms with Crippen molar-refractivity contribution >= 4 is 23.4 Å². The summed E-state index contributed by atoms with van der Waals surface area (Å²) < 4.78 is 0. The summed E-state index contributed by atoms with van der Waals surface area (Å²) in [6.45, 7) is 8.62. The van der Waals surface area contributed by atoms with Gasteiger partial charge in [-0.05, 0) is 26.0 Å². The van der Waals surface area contributed by atoms with E-state index in [9.17, 15) is 4.79 Å². The second kappa shape index (κ2) is 7.45. The highest BCUT2D eigenvalue weighted by Crippen LogP contribution is 2.24. The van der Waals surface area contributed by atoms with Gasteiger partial charge in [-0.15, -0.1) is 5.10 Å². The zero-order chi connectivity index (χ0) is 16.1. The summed E-state index contributed by atoms with van der Waals surface area (Å²) in [6.07, 6.45) is 0. The zero-order valence-corrected chi connectivity index (χ0v) is 14.2. The van der Waals surface area contributed by atoms with Gasteiger partial charge in [0.05, 0.1) is 5.25 Å².